The van der Waals surface area contributed by atoms with Gasteiger partial charge in [-0.25, -0.2) is 4.79 Å². The summed E-state index contributed by atoms with van der Waals surface area (Å²) in [5.41, 5.74) is 8.00. The molecule has 126 valence electrons. The standard InChI is InChI=1S/C14H18FN3O5/c1-3-6-23-14(22)11(18-16)12(20)8(4-5-15)10-9(7(2)19)13(21)17-10/h3,7-10,19H,1,4-6H2,2H3,(H,17,21)/t7-,8-,9-,10-/m1/s1. The second kappa shape index (κ2) is 8.30. The predicted octanol–water partition coefficient (Wildman–Crippen LogP) is -0.573. The Bertz CT molecular complexity index is 557. The number of hydrogen-bond acceptors (Lipinski definition) is 5. The van der Waals surface area contributed by atoms with Crippen molar-refractivity contribution < 1.29 is 33.4 Å². The zero-order valence-electron chi connectivity index (χ0n) is 12.6. The normalized spacial score (nSPS) is 22.0. The van der Waals surface area contributed by atoms with E-state index >= 15 is 0 Å². The van der Waals surface area contributed by atoms with E-state index in [1.165, 1.54) is 13.0 Å². The molecule has 0 unspecified atom stereocenters. The first-order valence-electron chi connectivity index (χ1n) is 6.97. The van der Waals surface area contributed by atoms with Crippen LogP contribution in [0.2, 0.25) is 0 Å². The van der Waals surface area contributed by atoms with Gasteiger partial charge in [0.1, 0.15) is 6.61 Å². The molecule has 0 aromatic heterocycles. The Kier molecular flexibility index (Phi) is 6.74. The number of rotatable bonds is 9. The van der Waals surface area contributed by atoms with Crippen LogP contribution in [0.3, 0.4) is 0 Å². The summed E-state index contributed by atoms with van der Waals surface area (Å²) >= 11 is 0. The van der Waals surface area contributed by atoms with Gasteiger partial charge in [-0.1, -0.05) is 12.7 Å². The number of carbonyl (C=O) groups is 3. The Morgan fingerprint density at radius 2 is 2.26 bits per heavy atom. The van der Waals surface area contributed by atoms with Crippen LogP contribution < -0.4 is 5.32 Å². The van der Waals surface area contributed by atoms with E-state index in [4.69, 9.17) is 5.53 Å². The van der Waals surface area contributed by atoms with Crippen molar-refractivity contribution in [3.63, 3.8) is 0 Å². The number of carbonyl (C=O) groups excluding carboxylic acids is 3. The number of alkyl halides is 1. The van der Waals surface area contributed by atoms with Crippen LogP contribution in [0.15, 0.2) is 12.7 Å². The quantitative estimate of drug-likeness (QED) is 0.111. The Morgan fingerprint density at radius 1 is 1.61 bits per heavy atom. The summed E-state index contributed by atoms with van der Waals surface area (Å²) in [5, 5.41) is 12.0. The molecule has 1 amide bonds. The third kappa shape index (κ3) is 4.08. The average Bonchev–Trinajstić information content (AvgIpc) is 2.48. The van der Waals surface area contributed by atoms with Crippen molar-refractivity contribution in [1.29, 1.82) is 0 Å². The molecular weight excluding hydrogens is 309 g/mol. The average molecular weight is 327 g/mol. The highest BCUT2D eigenvalue weighted by molar-refractivity contribution is 6.62. The van der Waals surface area contributed by atoms with Crippen LogP contribution in [0.25, 0.3) is 5.53 Å². The molecule has 0 spiro atoms. The molecule has 2 N–H and O–H groups in total. The van der Waals surface area contributed by atoms with E-state index in [1.54, 1.807) is 0 Å². The van der Waals surface area contributed by atoms with E-state index < -0.39 is 54.0 Å². The summed E-state index contributed by atoms with van der Waals surface area (Å²) in [7, 11) is 0. The largest absolute Gasteiger partial charge is 0.453 e. The smallest absolute Gasteiger partial charge is 0.441 e. The maximum absolute atomic E-state index is 12.8. The highest BCUT2D eigenvalue weighted by Crippen LogP contribution is 2.28. The molecule has 1 aliphatic rings. The summed E-state index contributed by atoms with van der Waals surface area (Å²) in [6, 6.07) is -0.852. The first-order valence-corrected chi connectivity index (χ1v) is 6.97. The number of ether oxygens (including phenoxy) is 1. The van der Waals surface area contributed by atoms with Crippen LogP contribution >= 0.6 is 0 Å². The zero-order valence-corrected chi connectivity index (χ0v) is 12.6. The van der Waals surface area contributed by atoms with Gasteiger partial charge in [-0.3, -0.25) is 14.0 Å². The molecule has 9 heteroatoms. The zero-order chi connectivity index (χ0) is 17.6. The van der Waals surface area contributed by atoms with Crippen LogP contribution in [0.1, 0.15) is 13.3 Å². The molecule has 1 aliphatic heterocycles. The van der Waals surface area contributed by atoms with Crippen molar-refractivity contribution in [2.45, 2.75) is 25.5 Å². The predicted molar refractivity (Wildman–Crippen MR) is 76.0 cm³/mol. The number of ketones is 1. The van der Waals surface area contributed by atoms with Gasteiger partial charge in [0, 0.05) is 0 Å². The molecule has 8 nitrogen and oxygen atoms in total. The summed E-state index contributed by atoms with van der Waals surface area (Å²) < 4.78 is 17.4. The van der Waals surface area contributed by atoms with Crippen LogP contribution in [0.5, 0.6) is 0 Å². The lowest BCUT2D eigenvalue weighted by atomic mass is 9.74. The third-order valence-corrected chi connectivity index (χ3v) is 3.57. The number of hydrogen-bond donors (Lipinski definition) is 2. The van der Waals surface area contributed by atoms with E-state index in [0.717, 1.165) is 0 Å². The van der Waals surface area contributed by atoms with Crippen LogP contribution in [0.4, 0.5) is 4.39 Å². The molecule has 1 saturated heterocycles. The monoisotopic (exact) mass is 327 g/mol. The minimum atomic E-state index is -1.18. The maximum atomic E-state index is 12.8. The minimum absolute atomic E-state index is 0.199. The molecule has 4 atom stereocenters. The molecule has 0 aromatic carbocycles. The molecule has 0 radical (unpaired) electrons. The van der Waals surface area contributed by atoms with E-state index in [2.05, 4.69) is 21.4 Å². The summed E-state index contributed by atoms with van der Waals surface area (Å²) in [6.07, 6.45) is -0.0989. The molecule has 1 heterocycles. The molecular formula is C14H18FN3O5. The number of nitrogens with zero attached hydrogens (tertiary/aromatic N) is 2. The number of amides is 1. The maximum Gasteiger partial charge on any atom is 0.441 e. The number of Topliss-reactive ketones (excluding diaryl/α,β-unsaturated/α-hetero) is 1. The first kappa shape index (κ1) is 18.7. The highest BCUT2D eigenvalue weighted by Gasteiger charge is 2.51. The molecule has 0 bridgehead atoms. The number of aliphatic hydroxyl groups excluding tert-OH is 1. The van der Waals surface area contributed by atoms with Gasteiger partial charge in [-0.05, 0) is 13.3 Å². The number of aliphatic hydroxyl groups is 1. The fraction of sp³-hybridized carbons (Fsp3) is 0.571. The van der Waals surface area contributed by atoms with Gasteiger partial charge in [-0.15, -0.1) is 0 Å². The topological polar surface area (TPSA) is 129 Å². The van der Waals surface area contributed by atoms with E-state index in [0.29, 0.717) is 0 Å². The Labute approximate surface area is 131 Å². The van der Waals surface area contributed by atoms with Gasteiger partial charge in [0.25, 0.3) is 5.78 Å². The van der Waals surface area contributed by atoms with Gasteiger partial charge >= 0.3 is 11.7 Å². The summed E-state index contributed by atoms with van der Waals surface area (Å²) in [5.74, 6) is -4.67. The van der Waals surface area contributed by atoms with Gasteiger partial charge in [0.05, 0.1) is 30.7 Å². The van der Waals surface area contributed by atoms with Gasteiger partial charge < -0.3 is 20.7 Å². The Hall–Kier alpha value is -2.38. The van der Waals surface area contributed by atoms with Crippen LogP contribution in [0, 0.1) is 11.8 Å². The van der Waals surface area contributed by atoms with Crippen molar-refractivity contribution in [2.24, 2.45) is 11.8 Å². The SMILES string of the molecule is C=CCOC(=O)C(=[N+]=[N-])C(=O)[C@H](CCF)[C@H]1NC(=O)[C@@H]1[C@@H](C)O. The lowest BCUT2D eigenvalue weighted by molar-refractivity contribution is -0.146. The van der Waals surface area contributed by atoms with Crippen LogP contribution in [-0.4, -0.2) is 58.7 Å². The second-order valence-electron chi connectivity index (χ2n) is 5.08. The van der Waals surface area contributed by atoms with Crippen molar-refractivity contribution in [3.8, 4) is 0 Å². The molecule has 0 aliphatic carbocycles. The third-order valence-electron chi connectivity index (χ3n) is 3.57. The number of nitrogens with one attached hydrogen (secondary N) is 1. The second-order valence-corrected chi connectivity index (χ2v) is 5.08. The lowest BCUT2D eigenvalue weighted by Gasteiger charge is -2.41. The Morgan fingerprint density at radius 3 is 2.70 bits per heavy atom. The van der Waals surface area contributed by atoms with Crippen molar-refractivity contribution in [2.75, 3.05) is 13.3 Å². The molecule has 0 aromatic rings. The molecule has 1 fully saturated rings. The number of halogens is 1. The van der Waals surface area contributed by atoms with Gasteiger partial charge in [-0.2, -0.15) is 4.79 Å². The highest BCUT2D eigenvalue weighted by atomic mass is 19.1. The molecule has 1 rings (SSSR count). The van der Waals surface area contributed by atoms with E-state index in [-0.39, 0.29) is 13.0 Å². The van der Waals surface area contributed by atoms with Gasteiger partial charge in [0.2, 0.25) is 5.91 Å². The fourth-order valence-electron chi connectivity index (χ4n) is 2.45. The summed E-state index contributed by atoms with van der Waals surface area (Å²) in [4.78, 5) is 38.1. The van der Waals surface area contributed by atoms with Crippen molar-refractivity contribution in [3.05, 3.63) is 18.2 Å². The fourth-order valence-corrected chi connectivity index (χ4v) is 2.45. The first-order chi connectivity index (χ1) is 10.9. The van der Waals surface area contributed by atoms with Crippen LogP contribution in [-0.2, 0) is 19.1 Å². The Balaban J connectivity index is 2.98. The minimum Gasteiger partial charge on any atom is -0.453 e. The molecule has 23 heavy (non-hydrogen) atoms. The molecule has 0 saturated carbocycles. The lowest BCUT2D eigenvalue weighted by Crippen LogP contribution is -2.66. The number of β-lactam (4-membered cyclic amide) rings is 1. The number of esters is 1. The van der Waals surface area contributed by atoms with E-state index in [9.17, 15) is 23.9 Å². The van der Waals surface area contributed by atoms with Crippen molar-refractivity contribution >= 4 is 23.4 Å². The van der Waals surface area contributed by atoms with Crippen molar-refractivity contribution in [1.82, 2.24) is 5.32 Å². The summed E-state index contributed by atoms with van der Waals surface area (Å²) in [6.45, 7) is 3.60. The van der Waals surface area contributed by atoms with E-state index in [1.807, 2.05) is 0 Å². The van der Waals surface area contributed by atoms with Gasteiger partial charge in [0.15, 0.2) is 0 Å².